The number of nitrogen functional groups attached to an aromatic ring is 1. The van der Waals surface area contributed by atoms with Crippen molar-refractivity contribution in [2.45, 2.75) is 45.1 Å². The summed E-state index contributed by atoms with van der Waals surface area (Å²) in [5.41, 5.74) is 7.47. The van der Waals surface area contributed by atoms with E-state index in [-0.39, 0.29) is 11.9 Å². The zero-order valence-electron chi connectivity index (χ0n) is 13.4. The second-order valence-electron chi connectivity index (χ2n) is 6.32. The van der Waals surface area contributed by atoms with E-state index in [0.29, 0.717) is 23.2 Å². The van der Waals surface area contributed by atoms with Gasteiger partial charge in [-0.05, 0) is 49.9 Å². The number of hydrogen-bond acceptors (Lipinski definition) is 4. The lowest BCUT2D eigenvalue weighted by Gasteiger charge is -2.27. The molecule has 3 rings (SSSR count). The Kier molecular flexibility index (Phi) is 4.65. The first-order valence-electron chi connectivity index (χ1n) is 8.26. The minimum Gasteiger partial charge on any atom is -0.444 e. The molecule has 0 bridgehead atoms. The van der Waals surface area contributed by atoms with Gasteiger partial charge in [0, 0.05) is 17.3 Å². The molecule has 0 spiro atoms. The number of hydrogen-bond donors (Lipinski definition) is 2. The van der Waals surface area contributed by atoms with Crippen LogP contribution in [0.3, 0.4) is 0 Å². The number of nitrogens with two attached hydrogens (primary N) is 1. The van der Waals surface area contributed by atoms with Crippen LogP contribution in [-0.4, -0.2) is 16.9 Å². The van der Waals surface area contributed by atoms with Gasteiger partial charge in [-0.1, -0.05) is 19.3 Å². The van der Waals surface area contributed by atoms with Gasteiger partial charge < -0.3 is 15.5 Å². The molecule has 3 N–H and O–H groups in total. The van der Waals surface area contributed by atoms with Gasteiger partial charge in [0.15, 0.2) is 5.69 Å². The van der Waals surface area contributed by atoms with E-state index in [1.54, 1.807) is 12.1 Å². The van der Waals surface area contributed by atoms with Gasteiger partial charge in [-0.3, -0.25) is 4.79 Å². The Morgan fingerprint density at radius 3 is 2.65 bits per heavy atom. The van der Waals surface area contributed by atoms with Crippen molar-refractivity contribution in [3.05, 3.63) is 36.2 Å². The average Bonchev–Trinajstić information content (AvgIpc) is 3.06. The Morgan fingerprint density at radius 1 is 1.26 bits per heavy atom. The molecule has 1 aromatic carbocycles. The van der Waals surface area contributed by atoms with E-state index in [2.05, 4.69) is 17.2 Å². The number of carbonyl (C=O) groups is 1. The first-order chi connectivity index (χ1) is 11.1. The summed E-state index contributed by atoms with van der Waals surface area (Å²) in [4.78, 5) is 16.6. The van der Waals surface area contributed by atoms with Crippen LogP contribution in [0, 0.1) is 5.92 Å². The van der Waals surface area contributed by atoms with Crippen molar-refractivity contribution in [3.8, 4) is 11.5 Å². The number of carbonyl (C=O) groups excluding carboxylic acids is 1. The van der Waals surface area contributed by atoms with E-state index < -0.39 is 0 Å². The first kappa shape index (κ1) is 15.6. The highest BCUT2D eigenvalue weighted by Gasteiger charge is 2.23. The van der Waals surface area contributed by atoms with Crippen LogP contribution < -0.4 is 11.1 Å². The van der Waals surface area contributed by atoms with Crippen molar-refractivity contribution >= 4 is 11.6 Å². The predicted octanol–water partition coefficient (Wildman–Crippen LogP) is 3.62. The lowest BCUT2D eigenvalue weighted by Crippen LogP contribution is -2.39. The fraction of sp³-hybridized carbons (Fsp3) is 0.444. The average molecular weight is 313 g/mol. The van der Waals surface area contributed by atoms with Crippen LogP contribution in [0.5, 0.6) is 0 Å². The Morgan fingerprint density at radius 2 is 1.96 bits per heavy atom. The smallest absolute Gasteiger partial charge is 0.273 e. The van der Waals surface area contributed by atoms with Crippen LogP contribution in [0.25, 0.3) is 11.5 Å². The van der Waals surface area contributed by atoms with Gasteiger partial charge in [0.2, 0.25) is 5.89 Å². The third-order valence-electron chi connectivity index (χ3n) is 4.61. The predicted molar refractivity (Wildman–Crippen MR) is 89.9 cm³/mol. The molecule has 2 aromatic rings. The number of anilines is 1. The molecular weight excluding hydrogens is 290 g/mol. The van der Waals surface area contributed by atoms with Crippen molar-refractivity contribution in [3.63, 3.8) is 0 Å². The van der Waals surface area contributed by atoms with Gasteiger partial charge in [0.25, 0.3) is 5.91 Å². The van der Waals surface area contributed by atoms with Gasteiger partial charge in [-0.15, -0.1) is 0 Å². The van der Waals surface area contributed by atoms with Crippen LogP contribution in [0.4, 0.5) is 5.69 Å². The van der Waals surface area contributed by atoms with Crippen molar-refractivity contribution in [1.29, 1.82) is 0 Å². The maximum Gasteiger partial charge on any atom is 0.273 e. The number of nitrogens with one attached hydrogen (secondary N) is 1. The summed E-state index contributed by atoms with van der Waals surface area (Å²) in [5, 5.41) is 3.06. The second kappa shape index (κ2) is 6.86. The maximum atomic E-state index is 12.3. The zero-order chi connectivity index (χ0) is 16.2. The molecule has 1 amide bonds. The molecule has 1 aromatic heterocycles. The van der Waals surface area contributed by atoms with Gasteiger partial charge in [0.1, 0.15) is 6.26 Å². The summed E-state index contributed by atoms with van der Waals surface area (Å²) in [5.74, 6) is 0.824. The summed E-state index contributed by atoms with van der Waals surface area (Å²) < 4.78 is 5.43. The molecule has 1 heterocycles. The standard InChI is InChI=1S/C18H23N3O2/c1-12(13-5-3-2-4-6-13)20-17(22)16-11-23-18(21-16)14-7-9-15(19)10-8-14/h7-13H,2-6,19H2,1H3,(H,20,22). The monoisotopic (exact) mass is 313 g/mol. The number of oxazole rings is 1. The van der Waals surface area contributed by atoms with E-state index >= 15 is 0 Å². The molecule has 122 valence electrons. The largest absolute Gasteiger partial charge is 0.444 e. The van der Waals surface area contributed by atoms with Gasteiger partial charge in [0.05, 0.1) is 0 Å². The number of benzene rings is 1. The molecule has 1 atom stereocenters. The molecule has 5 nitrogen and oxygen atoms in total. The minimum absolute atomic E-state index is 0.166. The van der Waals surface area contributed by atoms with Crippen LogP contribution >= 0.6 is 0 Å². The second-order valence-corrected chi connectivity index (χ2v) is 6.32. The van der Waals surface area contributed by atoms with Crippen molar-refractivity contribution in [2.75, 3.05) is 5.73 Å². The van der Waals surface area contributed by atoms with E-state index in [0.717, 1.165) is 5.56 Å². The molecule has 5 heteroatoms. The number of amides is 1. The molecular formula is C18H23N3O2. The van der Waals surface area contributed by atoms with Crippen molar-refractivity contribution in [2.24, 2.45) is 5.92 Å². The van der Waals surface area contributed by atoms with E-state index in [9.17, 15) is 4.79 Å². The zero-order valence-corrected chi connectivity index (χ0v) is 13.4. The minimum atomic E-state index is -0.173. The lowest BCUT2D eigenvalue weighted by molar-refractivity contribution is 0.0914. The SMILES string of the molecule is CC(NC(=O)c1coc(-c2ccc(N)cc2)n1)C1CCCCC1. The molecule has 1 fully saturated rings. The molecule has 1 unspecified atom stereocenters. The number of nitrogens with zero attached hydrogens (tertiary/aromatic N) is 1. The molecule has 23 heavy (non-hydrogen) atoms. The normalized spacial score (nSPS) is 16.9. The molecule has 0 saturated heterocycles. The highest BCUT2D eigenvalue weighted by atomic mass is 16.3. The quantitative estimate of drug-likeness (QED) is 0.845. The number of rotatable bonds is 4. The van der Waals surface area contributed by atoms with Gasteiger partial charge >= 0.3 is 0 Å². The van der Waals surface area contributed by atoms with Crippen molar-refractivity contribution < 1.29 is 9.21 Å². The fourth-order valence-electron chi connectivity index (χ4n) is 3.17. The summed E-state index contributed by atoms with van der Waals surface area (Å²) in [6, 6.07) is 7.38. The lowest BCUT2D eigenvalue weighted by atomic mass is 9.84. The van der Waals surface area contributed by atoms with E-state index in [1.807, 2.05) is 12.1 Å². The number of aromatic nitrogens is 1. The maximum absolute atomic E-state index is 12.3. The van der Waals surface area contributed by atoms with E-state index in [4.69, 9.17) is 10.2 Å². The molecule has 1 saturated carbocycles. The van der Waals surface area contributed by atoms with Crippen LogP contribution in [0.15, 0.2) is 34.9 Å². The van der Waals surface area contributed by atoms with Crippen molar-refractivity contribution in [1.82, 2.24) is 10.3 Å². The Hall–Kier alpha value is -2.30. The highest BCUT2D eigenvalue weighted by molar-refractivity contribution is 5.92. The highest BCUT2D eigenvalue weighted by Crippen LogP contribution is 2.26. The fourth-order valence-corrected chi connectivity index (χ4v) is 3.17. The summed E-state index contributed by atoms with van der Waals surface area (Å²) >= 11 is 0. The van der Waals surface area contributed by atoms with Crippen LogP contribution in [0.1, 0.15) is 49.5 Å². The summed E-state index contributed by atoms with van der Waals surface area (Å²) in [6.45, 7) is 2.08. The topological polar surface area (TPSA) is 81.2 Å². The Labute approximate surface area is 136 Å². The third-order valence-corrected chi connectivity index (χ3v) is 4.61. The van der Waals surface area contributed by atoms with Gasteiger partial charge in [-0.2, -0.15) is 0 Å². The molecule has 1 aliphatic carbocycles. The summed E-state index contributed by atoms with van der Waals surface area (Å²) in [6.07, 6.45) is 7.63. The Balaban J connectivity index is 1.65. The van der Waals surface area contributed by atoms with Crippen LogP contribution in [0.2, 0.25) is 0 Å². The Bertz CT molecular complexity index is 657. The molecule has 0 aliphatic heterocycles. The third kappa shape index (κ3) is 3.73. The summed E-state index contributed by atoms with van der Waals surface area (Å²) in [7, 11) is 0. The van der Waals surface area contributed by atoms with Gasteiger partial charge in [-0.25, -0.2) is 4.98 Å². The molecule has 1 aliphatic rings. The van der Waals surface area contributed by atoms with Crippen LogP contribution in [-0.2, 0) is 0 Å². The molecule has 0 radical (unpaired) electrons. The first-order valence-corrected chi connectivity index (χ1v) is 8.26. The van der Waals surface area contributed by atoms with E-state index in [1.165, 1.54) is 38.4 Å².